The van der Waals surface area contributed by atoms with Crippen LogP contribution in [0.4, 0.5) is 5.00 Å². The maximum atomic E-state index is 12.7. The van der Waals surface area contributed by atoms with Crippen LogP contribution in [0.25, 0.3) is 0 Å². The van der Waals surface area contributed by atoms with E-state index in [4.69, 9.17) is 9.47 Å². The smallest absolute Gasteiger partial charge is 0.341 e. The van der Waals surface area contributed by atoms with Gasteiger partial charge in [0.2, 0.25) is 5.91 Å². The number of nitrogens with zero attached hydrogens (tertiary/aromatic N) is 3. The number of carbonyl (C=O) groups excluding carboxylic acids is 2. The lowest BCUT2D eigenvalue weighted by atomic mass is 10.1. The lowest BCUT2D eigenvalue weighted by Gasteiger charge is -2.11. The fraction of sp³-hybridized carbons (Fsp3) is 0.417. The first-order valence-corrected chi connectivity index (χ1v) is 12.8. The van der Waals surface area contributed by atoms with Gasteiger partial charge in [-0.25, -0.2) is 4.79 Å². The Balaban J connectivity index is 1.66. The second-order valence-electron chi connectivity index (χ2n) is 7.72. The number of carbonyl (C=O) groups is 2. The lowest BCUT2D eigenvalue weighted by molar-refractivity contribution is -0.113. The van der Waals surface area contributed by atoms with E-state index in [9.17, 15) is 9.59 Å². The summed E-state index contributed by atoms with van der Waals surface area (Å²) >= 11 is 2.68. The molecule has 182 valence electrons. The Morgan fingerprint density at radius 3 is 2.62 bits per heavy atom. The van der Waals surface area contributed by atoms with E-state index in [1.807, 2.05) is 57.4 Å². The minimum Gasteiger partial charge on any atom is -0.485 e. The summed E-state index contributed by atoms with van der Waals surface area (Å²) in [5, 5.41) is 12.6. The molecule has 1 N–H and O–H groups in total. The van der Waals surface area contributed by atoms with Crippen LogP contribution >= 0.6 is 23.1 Å². The molecular formula is C24H30N4O4S2. The fourth-order valence-corrected chi connectivity index (χ4v) is 5.53. The molecule has 1 amide bonds. The molecule has 8 nitrogen and oxygen atoms in total. The molecule has 2 aromatic heterocycles. The number of thiophene rings is 1. The van der Waals surface area contributed by atoms with Crippen LogP contribution in [0, 0.1) is 20.8 Å². The molecule has 0 aliphatic rings. The molecule has 0 saturated carbocycles. The minimum atomic E-state index is -0.441. The van der Waals surface area contributed by atoms with Crippen LogP contribution in [0.1, 0.15) is 51.6 Å². The Bertz CT molecular complexity index is 1190. The molecule has 0 aliphatic heterocycles. The van der Waals surface area contributed by atoms with Crippen LogP contribution in [0.2, 0.25) is 0 Å². The number of aromatic nitrogens is 3. The predicted molar refractivity (Wildman–Crippen MR) is 135 cm³/mol. The van der Waals surface area contributed by atoms with E-state index in [-0.39, 0.29) is 18.3 Å². The number of amides is 1. The van der Waals surface area contributed by atoms with Gasteiger partial charge < -0.3 is 19.4 Å². The zero-order chi connectivity index (χ0) is 24.8. The average Bonchev–Trinajstić information content (AvgIpc) is 3.36. The summed E-state index contributed by atoms with van der Waals surface area (Å²) in [7, 11) is 1.34. The molecule has 0 spiro atoms. The first-order chi connectivity index (χ1) is 16.3. The molecule has 10 heteroatoms. The van der Waals surface area contributed by atoms with Gasteiger partial charge in [0, 0.05) is 11.4 Å². The highest BCUT2D eigenvalue weighted by atomic mass is 32.2. The Labute approximate surface area is 208 Å². The standard InChI is InChI=1S/C24H30N4O4S2/c1-7-17-16(5)34-22(21(17)23(30)31-6)25-20(29)13-33-24-27-26-19(28(24)8-2)12-32-18-11-14(3)9-10-15(18)4/h9-11H,7-8,12-13H2,1-6H3,(H,25,29). The van der Waals surface area contributed by atoms with Gasteiger partial charge in [0.05, 0.1) is 18.4 Å². The Morgan fingerprint density at radius 2 is 1.94 bits per heavy atom. The van der Waals surface area contributed by atoms with Crippen molar-refractivity contribution in [2.24, 2.45) is 0 Å². The number of esters is 1. The summed E-state index contributed by atoms with van der Waals surface area (Å²) in [4.78, 5) is 25.9. The number of nitrogens with one attached hydrogen (secondary N) is 1. The van der Waals surface area contributed by atoms with Crippen molar-refractivity contribution in [3.05, 3.63) is 51.2 Å². The van der Waals surface area contributed by atoms with Gasteiger partial charge in [-0.05, 0) is 56.9 Å². The van der Waals surface area contributed by atoms with E-state index in [1.165, 1.54) is 30.2 Å². The summed E-state index contributed by atoms with van der Waals surface area (Å²) < 4.78 is 12.8. The normalized spacial score (nSPS) is 10.9. The summed E-state index contributed by atoms with van der Waals surface area (Å²) in [6.45, 7) is 10.9. The first kappa shape index (κ1) is 25.8. The van der Waals surface area contributed by atoms with Crippen molar-refractivity contribution in [2.45, 2.75) is 59.3 Å². The van der Waals surface area contributed by atoms with Gasteiger partial charge in [-0.3, -0.25) is 4.79 Å². The van der Waals surface area contributed by atoms with Gasteiger partial charge in [0.25, 0.3) is 0 Å². The molecule has 3 aromatic rings. The fourth-order valence-electron chi connectivity index (χ4n) is 3.56. The zero-order valence-corrected chi connectivity index (χ0v) is 22.0. The quantitative estimate of drug-likeness (QED) is 0.310. The van der Waals surface area contributed by atoms with Crippen molar-refractivity contribution in [2.75, 3.05) is 18.2 Å². The summed E-state index contributed by atoms with van der Waals surface area (Å²) in [6.07, 6.45) is 0.684. The van der Waals surface area contributed by atoms with Gasteiger partial charge in [-0.2, -0.15) is 0 Å². The van der Waals surface area contributed by atoms with Crippen LogP contribution in [0.3, 0.4) is 0 Å². The Kier molecular flexibility index (Phi) is 8.73. The number of rotatable bonds is 10. The summed E-state index contributed by atoms with van der Waals surface area (Å²) in [5.74, 6) is 0.981. The average molecular weight is 503 g/mol. The predicted octanol–water partition coefficient (Wildman–Crippen LogP) is 4.94. The third kappa shape index (κ3) is 5.79. The number of aryl methyl sites for hydroxylation is 3. The molecule has 0 aliphatic carbocycles. The SMILES string of the molecule is CCc1c(C)sc(NC(=O)CSc2nnc(COc3cc(C)ccc3C)n2CC)c1C(=O)OC. The Morgan fingerprint density at radius 1 is 1.18 bits per heavy atom. The molecule has 0 bridgehead atoms. The maximum Gasteiger partial charge on any atom is 0.341 e. The highest BCUT2D eigenvalue weighted by molar-refractivity contribution is 7.99. The van der Waals surface area contributed by atoms with E-state index in [0.29, 0.717) is 34.5 Å². The number of methoxy groups -OCH3 is 1. The molecule has 1 aromatic carbocycles. The van der Waals surface area contributed by atoms with Gasteiger partial charge in [-0.1, -0.05) is 30.8 Å². The van der Waals surface area contributed by atoms with E-state index < -0.39 is 5.97 Å². The van der Waals surface area contributed by atoms with Crippen molar-refractivity contribution < 1.29 is 19.1 Å². The minimum absolute atomic E-state index is 0.134. The van der Waals surface area contributed by atoms with Gasteiger partial charge in [0.15, 0.2) is 11.0 Å². The second kappa shape index (κ2) is 11.5. The van der Waals surface area contributed by atoms with Crippen LogP contribution in [-0.4, -0.2) is 39.5 Å². The topological polar surface area (TPSA) is 95.3 Å². The molecular weight excluding hydrogens is 472 g/mol. The summed E-state index contributed by atoms with van der Waals surface area (Å²) in [6, 6.07) is 6.07. The second-order valence-corrected chi connectivity index (χ2v) is 9.89. The number of thioether (sulfide) groups is 1. The highest BCUT2D eigenvalue weighted by Gasteiger charge is 2.23. The number of hydrogen-bond acceptors (Lipinski definition) is 8. The third-order valence-corrected chi connectivity index (χ3v) is 7.38. The molecule has 34 heavy (non-hydrogen) atoms. The summed E-state index contributed by atoms with van der Waals surface area (Å²) in [5.41, 5.74) is 3.52. The van der Waals surface area contributed by atoms with Crippen molar-refractivity contribution in [3.63, 3.8) is 0 Å². The van der Waals surface area contributed by atoms with Crippen LogP contribution in [-0.2, 0) is 29.1 Å². The largest absolute Gasteiger partial charge is 0.485 e. The van der Waals surface area contributed by atoms with Crippen LogP contribution in [0.15, 0.2) is 23.4 Å². The number of anilines is 1. The molecule has 3 rings (SSSR count). The van der Waals surface area contributed by atoms with Gasteiger partial charge >= 0.3 is 5.97 Å². The molecule has 0 fully saturated rings. The number of ether oxygens (including phenoxy) is 2. The van der Waals surface area contributed by atoms with E-state index in [0.717, 1.165) is 27.3 Å². The number of hydrogen-bond donors (Lipinski definition) is 1. The molecule has 0 saturated heterocycles. The third-order valence-electron chi connectivity index (χ3n) is 5.35. The van der Waals surface area contributed by atoms with Gasteiger partial charge in [-0.15, -0.1) is 21.5 Å². The van der Waals surface area contributed by atoms with E-state index in [1.54, 1.807) is 0 Å². The zero-order valence-electron chi connectivity index (χ0n) is 20.4. The molecule has 0 atom stereocenters. The maximum absolute atomic E-state index is 12.7. The Hall–Kier alpha value is -2.85. The first-order valence-electron chi connectivity index (χ1n) is 11.0. The van der Waals surface area contributed by atoms with Crippen molar-refractivity contribution in [1.82, 2.24) is 14.8 Å². The van der Waals surface area contributed by atoms with Crippen molar-refractivity contribution in [1.29, 1.82) is 0 Å². The van der Waals surface area contributed by atoms with Crippen molar-refractivity contribution >= 4 is 40.0 Å². The van der Waals surface area contributed by atoms with Crippen LogP contribution in [0.5, 0.6) is 5.75 Å². The molecule has 2 heterocycles. The monoisotopic (exact) mass is 502 g/mol. The van der Waals surface area contributed by atoms with E-state index in [2.05, 4.69) is 15.5 Å². The number of benzene rings is 1. The lowest BCUT2D eigenvalue weighted by Crippen LogP contribution is -2.17. The molecule has 0 radical (unpaired) electrons. The van der Waals surface area contributed by atoms with Crippen molar-refractivity contribution in [3.8, 4) is 5.75 Å². The highest BCUT2D eigenvalue weighted by Crippen LogP contribution is 2.34. The van der Waals surface area contributed by atoms with E-state index >= 15 is 0 Å². The van der Waals surface area contributed by atoms with Crippen LogP contribution < -0.4 is 10.1 Å². The molecule has 0 unspecified atom stereocenters. The van der Waals surface area contributed by atoms with Gasteiger partial charge in [0.1, 0.15) is 17.4 Å².